The lowest BCUT2D eigenvalue weighted by molar-refractivity contribution is 0.475. The van der Waals surface area contributed by atoms with Gasteiger partial charge in [0.2, 0.25) is 0 Å². The second-order valence-electron chi connectivity index (χ2n) is 4.78. The van der Waals surface area contributed by atoms with Crippen molar-refractivity contribution in [3.63, 3.8) is 0 Å². The standard InChI is InChI=1S/C14H15N5O/c1-9-2-7-13-16-17-14(19(13)18-9)12(15)8-10-3-5-11(20)6-4-10/h2-7,12,20H,8,15H2,1H3. The van der Waals surface area contributed by atoms with Crippen LogP contribution in [0, 0.1) is 6.92 Å². The normalized spacial score (nSPS) is 12.7. The summed E-state index contributed by atoms with van der Waals surface area (Å²) in [5.74, 6) is 0.879. The van der Waals surface area contributed by atoms with Gasteiger partial charge in [0.15, 0.2) is 11.5 Å². The van der Waals surface area contributed by atoms with E-state index in [-0.39, 0.29) is 11.8 Å². The van der Waals surface area contributed by atoms with Gasteiger partial charge < -0.3 is 10.8 Å². The highest BCUT2D eigenvalue weighted by Gasteiger charge is 2.15. The number of phenols is 1. The molecule has 0 radical (unpaired) electrons. The van der Waals surface area contributed by atoms with Gasteiger partial charge in [-0.1, -0.05) is 12.1 Å². The summed E-state index contributed by atoms with van der Waals surface area (Å²) in [4.78, 5) is 0. The van der Waals surface area contributed by atoms with E-state index in [4.69, 9.17) is 5.73 Å². The van der Waals surface area contributed by atoms with Crippen molar-refractivity contribution in [1.29, 1.82) is 0 Å². The minimum atomic E-state index is -0.302. The van der Waals surface area contributed by atoms with Crippen LogP contribution in [0.3, 0.4) is 0 Å². The first kappa shape index (κ1) is 12.6. The molecule has 1 unspecified atom stereocenters. The molecular formula is C14H15N5O. The van der Waals surface area contributed by atoms with Gasteiger partial charge in [0, 0.05) is 0 Å². The quantitative estimate of drug-likeness (QED) is 0.749. The molecule has 0 aliphatic heterocycles. The van der Waals surface area contributed by atoms with Gasteiger partial charge in [0.05, 0.1) is 11.7 Å². The van der Waals surface area contributed by atoms with Crippen molar-refractivity contribution >= 4 is 5.65 Å². The smallest absolute Gasteiger partial charge is 0.177 e. The van der Waals surface area contributed by atoms with Crippen LogP contribution in [-0.4, -0.2) is 24.9 Å². The lowest BCUT2D eigenvalue weighted by atomic mass is 10.1. The van der Waals surface area contributed by atoms with Gasteiger partial charge in [-0.15, -0.1) is 10.2 Å². The van der Waals surface area contributed by atoms with E-state index in [1.807, 2.05) is 31.2 Å². The monoisotopic (exact) mass is 269 g/mol. The van der Waals surface area contributed by atoms with E-state index in [1.54, 1.807) is 16.6 Å². The van der Waals surface area contributed by atoms with Gasteiger partial charge in [0.25, 0.3) is 0 Å². The van der Waals surface area contributed by atoms with Crippen LogP contribution in [0.1, 0.15) is 23.1 Å². The Morgan fingerprint density at radius 1 is 1.15 bits per heavy atom. The lowest BCUT2D eigenvalue weighted by Crippen LogP contribution is -2.17. The van der Waals surface area contributed by atoms with E-state index in [0.717, 1.165) is 11.3 Å². The van der Waals surface area contributed by atoms with Crippen molar-refractivity contribution in [2.24, 2.45) is 5.73 Å². The first-order valence-corrected chi connectivity index (χ1v) is 6.36. The van der Waals surface area contributed by atoms with Crippen molar-refractivity contribution in [2.45, 2.75) is 19.4 Å². The largest absolute Gasteiger partial charge is 0.508 e. The van der Waals surface area contributed by atoms with Crippen LogP contribution in [0.15, 0.2) is 36.4 Å². The Hall–Kier alpha value is -2.47. The third-order valence-electron chi connectivity index (χ3n) is 3.14. The molecule has 0 fully saturated rings. The number of phenolic OH excluding ortho intramolecular Hbond substituents is 1. The average Bonchev–Trinajstić information content (AvgIpc) is 2.84. The van der Waals surface area contributed by atoms with Crippen molar-refractivity contribution in [3.8, 4) is 5.75 Å². The Balaban J connectivity index is 1.90. The fraction of sp³-hybridized carbons (Fsp3) is 0.214. The van der Waals surface area contributed by atoms with Crippen LogP contribution in [0.5, 0.6) is 5.75 Å². The second-order valence-corrected chi connectivity index (χ2v) is 4.78. The van der Waals surface area contributed by atoms with E-state index in [2.05, 4.69) is 15.3 Å². The van der Waals surface area contributed by atoms with Gasteiger partial charge in [-0.3, -0.25) is 0 Å². The molecule has 20 heavy (non-hydrogen) atoms. The maximum atomic E-state index is 9.28. The molecule has 3 aromatic rings. The van der Waals surface area contributed by atoms with Crippen molar-refractivity contribution < 1.29 is 5.11 Å². The maximum absolute atomic E-state index is 9.28. The summed E-state index contributed by atoms with van der Waals surface area (Å²) in [6.45, 7) is 1.91. The van der Waals surface area contributed by atoms with Crippen LogP contribution in [0.4, 0.5) is 0 Å². The zero-order valence-corrected chi connectivity index (χ0v) is 11.1. The van der Waals surface area contributed by atoms with Crippen LogP contribution in [0.2, 0.25) is 0 Å². The molecule has 0 aliphatic carbocycles. The zero-order valence-electron chi connectivity index (χ0n) is 11.1. The highest BCUT2D eigenvalue weighted by atomic mass is 16.3. The third kappa shape index (κ3) is 2.33. The van der Waals surface area contributed by atoms with E-state index >= 15 is 0 Å². The first-order chi connectivity index (χ1) is 9.63. The maximum Gasteiger partial charge on any atom is 0.177 e. The summed E-state index contributed by atoms with van der Waals surface area (Å²) >= 11 is 0. The molecule has 0 aliphatic rings. The van der Waals surface area contributed by atoms with Crippen LogP contribution in [0.25, 0.3) is 5.65 Å². The number of benzene rings is 1. The lowest BCUT2D eigenvalue weighted by Gasteiger charge is -2.09. The number of nitrogens with two attached hydrogens (primary N) is 1. The topological polar surface area (TPSA) is 89.3 Å². The summed E-state index contributed by atoms with van der Waals surface area (Å²) in [6, 6.07) is 10.4. The molecule has 0 bridgehead atoms. The molecule has 1 atom stereocenters. The van der Waals surface area contributed by atoms with E-state index in [1.165, 1.54) is 0 Å². The molecule has 0 saturated carbocycles. The first-order valence-electron chi connectivity index (χ1n) is 6.36. The number of aromatic nitrogens is 4. The molecule has 102 valence electrons. The molecular weight excluding hydrogens is 254 g/mol. The average molecular weight is 269 g/mol. The minimum Gasteiger partial charge on any atom is -0.508 e. The van der Waals surface area contributed by atoms with Crippen LogP contribution >= 0.6 is 0 Å². The number of hydrogen-bond acceptors (Lipinski definition) is 5. The van der Waals surface area contributed by atoms with Crippen LogP contribution < -0.4 is 5.73 Å². The van der Waals surface area contributed by atoms with Gasteiger partial charge in [-0.25, -0.2) is 0 Å². The van der Waals surface area contributed by atoms with Crippen molar-refractivity contribution in [2.75, 3.05) is 0 Å². The molecule has 0 amide bonds. The number of rotatable bonds is 3. The Kier molecular flexibility index (Phi) is 3.08. The SMILES string of the molecule is Cc1ccc2nnc(C(N)Cc3ccc(O)cc3)n2n1. The summed E-state index contributed by atoms with van der Waals surface area (Å²) in [5.41, 5.74) is 8.80. The summed E-state index contributed by atoms with van der Waals surface area (Å²) in [6.07, 6.45) is 0.608. The van der Waals surface area contributed by atoms with Crippen molar-refractivity contribution in [3.05, 3.63) is 53.5 Å². The third-order valence-corrected chi connectivity index (χ3v) is 3.14. The highest BCUT2D eigenvalue weighted by molar-refractivity contribution is 5.37. The highest BCUT2D eigenvalue weighted by Crippen LogP contribution is 2.17. The summed E-state index contributed by atoms with van der Waals surface area (Å²) < 4.78 is 1.68. The Labute approximate surface area is 115 Å². The van der Waals surface area contributed by atoms with Gasteiger partial charge >= 0.3 is 0 Å². The molecule has 2 aromatic heterocycles. The molecule has 2 heterocycles. The van der Waals surface area contributed by atoms with Gasteiger partial charge in [-0.2, -0.15) is 9.61 Å². The van der Waals surface area contributed by atoms with Crippen molar-refractivity contribution in [1.82, 2.24) is 19.8 Å². The molecule has 3 rings (SSSR count). The van der Waals surface area contributed by atoms with Gasteiger partial charge in [0.1, 0.15) is 5.75 Å². The second kappa shape index (κ2) is 4.90. The summed E-state index contributed by atoms with van der Waals surface area (Å²) in [5, 5.41) is 21.9. The minimum absolute atomic E-state index is 0.243. The Bertz CT molecular complexity index is 735. The molecule has 3 N–H and O–H groups in total. The fourth-order valence-electron chi connectivity index (χ4n) is 2.11. The number of hydrogen-bond donors (Lipinski definition) is 2. The number of aryl methyl sites for hydroxylation is 1. The van der Waals surface area contributed by atoms with E-state index < -0.39 is 0 Å². The molecule has 6 nitrogen and oxygen atoms in total. The number of nitrogens with zero attached hydrogens (tertiary/aromatic N) is 4. The predicted octanol–water partition coefficient (Wildman–Crippen LogP) is 1.38. The van der Waals surface area contributed by atoms with E-state index in [0.29, 0.717) is 17.9 Å². The zero-order chi connectivity index (χ0) is 14.1. The van der Waals surface area contributed by atoms with Gasteiger partial charge in [-0.05, 0) is 43.2 Å². The summed E-state index contributed by atoms with van der Waals surface area (Å²) in [7, 11) is 0. The number of fused-ring (bicyclic) bond motifs is 1. The Morgan fingerprint density at radius 2 is 1.90 bits per heavy atom. The number of aromatic hydroxyl groups is 1. The molecule has 0 saturated heterocycles. The molecule has 0 spiro atoms. The molecule has 6 heteroatoms. The molecule has 1 aromatic carbocycles. The van der Waals surface area contributed by atoms with E-state index in [9.17, 15) is 5.11 Å². The van der Waals surface area contributed by atoms with Crippen LogP contribution in [-0.2, 0) is 6.42 Å². The Morgan fingerprint density at radius 3 is 2.65 bits per heavy atom. The fourth-order valence-corrected chi connectivity index (χ4v) is 2.11. The predicted molar refractivity (Wildman–Crippen MR) is 74.3 cm³/mol.